The molecular formula is C15H22N2O3. The SMILES string of the molecule is CCCC(C)NC(=O)N(CCC(=O)O)c1ccccc1. The van der Waals surface area contributed by atoms with Crippen LogP contribution >= 0.6 is 0 Å². The zero-order valence-electron chi connectivity index (χ0n) is 12.0. The van der Waals surface area contributed by atoms with Gasteiger partial charge in [-0.2, -0.15) is 0 Å². The Bertz CT molecular complexity index is 434. The van der Waals surface area contributed by atoms with Crippen molar-refractivity contribution in [3.05, 3.63) is 30.3 Å². The van der Waals surface area contributed by atoms with Crippen LogP contribution in [0.2, 0.25) is 0 Å². The minimum atomic E-state index is -0.916. The standard InChI is InChI=1S/C15H22N2O3/c1-3-7-12(2)16-15(20)17(11-10-14(18)19)13-8-5-4-6-9-13/h4-6,8-9,12H,3,7,10-11H2,1-2H3,(H,16,20)(H,18,19). The summed E-state index contributed by atoms with van der Waals surface area (Å²) in [6.07, 6.45) is 1.81. The van der Waals surface area contributed by atoms with Crippen LogP contribution in [0.15, 0.2) is 30.3 Å². The fourth-order valence-electron chi connectivity index (χ4n) is 1.96. The van der Waals surface area contributed by atoms with E-state index in [0.29, 0.717) is 5.69 Å². The van der Waals surface area contributed by atoms with Gasteiger partial charge in [-0.15, -0.1) is 0 Å². The molecule has 1 aromatic rings. The second-order valence-corrected chi connectivity index (χ2v) is 4.77. The number of urea groups is 1. The highest BCUT2D eigenvalue weighted by atomic mass is 16.4. The summed E-state index contributed by atoms with van der Waals surface area (Å²) in [5.41, 5.74) is 0.704. The number of para-hydroxylation sites is 1. The van der Waals surface area contributed by atoms with Crippen molar-refractivity contribution < 1.29 is 14.7 Å². The zero-order chi connectivity index (χ0) is 15.0. The first-order chi connectivity index (χ1) is 9.54. The van der Waals surface area contributed by atoms with Gasteiger partial charge in [0.25, 0.3) is 0 Å². The maximum Gasteiger partial charge on any atom is 0.322 e. The number of hydrogen-bond acceptors (Lipinski definition) is 2. The van der Waals surface area contributed by atoms with Crippen LogP contribution in [0.3, 0.4) is 0 Å². The van der Waals surface area contributed by atoms with Crippen molar-refractivity contribution in [2.75, 3.05) is 11.4 Å². The average molecular weight is 278 g/mol. The highest BCUT2D eigenvalue weighted by Crippen LogP contribution is 2.14. The molecule has 0 fully saturated rings. The lowest BCUT2D eigenvalue weighted by atomic mass is 10.2. The first kappa shape index (κ1) is 16.0. The van der Waals surface area contributed by atoms with Crippen molar-refractivity contribution in [3.63, 3.8) is 0 Å². The summed E-state index contributed by atoms with van der Waals surface area (Å²) in [6.45, 7) is 4.16. The Hall–Kier alpha value is -2.04. The number of carbonyl (C=O) groups is 2. The maximum absolute atomic E-state index is 12.3. The third kappa shape index (κ3) is 5.30. The summed E-state index contributed by atoms with van der Waals surface area (Å²) in [5.74, 6) is -0.916. The number of benzene rings is 1. The number of amides is 2. The van der Waals surface area contributed by atoms with E-state index in [1.54, 1.807) is 12.1 Å². The van der Waals surface area contributed by atoms with E-state index in [2.05, 4.69) is 12.2 Å². The predicted octanol–water partition coefficient (Wildman–Crippen LogP) is 2.87. The molecule has 0 aliphatic carbocycles. The summed E-state index contributed by atoms with van der Waals surface area (Å²) in [4.78, 5) is 24.5. The fraction of sp³-hybridized carbons (Fsp3) is 0.467. The number of anilines is 1. The minimum absolute atomic E-state index is 0.0727. The van der Waals surface area contributed by atoms with Crippen molar-refractivity contribution in [3.8, 4) is 0 Å². The Morgan fingerprint density at radius 3 is 2.50 bits per heavy atom. The van der Waals surface area contributed by atoms with Gasteiger partial charge in [0.05, 0.1) is 6.42 Å². The van der Waals surface area contributed by atoms with Crippen molar-refractivity contribution in [2.24, 2.45) is 0 Å². The van der Waals surface area contributed by atoms with Crippen molar-refractivity contribution in [2.45, 2.75) is 39.2 Å². The summed E-state index contributed by atoms with van der Waals surface area (Å²) >= 11 is 0. The molecule has 2 N–H and O–H groups in total. The van der Waals surface area contributed by atoms with E-state index in [1.807, 2.05) is 25.1 Å². The molecule has 0 spiro atoms. The van der Waals surface area contributed by atoms with Gasteiger partial charge in [-0.3, -0.25) is 9.69 Å². The molecule has 5 nitrogen and oxygen atoms in total. The molecular weight excluding hydrogens is 256 g/mol. The summed E-state index contributed by atoms with van der Waals surface area (Å²) in [5, 5.41) is 11.7. The lowest BCUT2D eigenvalue weighted by Gasteiger charge is -2.24. The molecule has 0 heterocycles. The van der Waals surface area contributed by atoms with Crippen LogP contribution < -0.4 is 10.2 Å². The topological polar surface area (TPSA) is 69.6 Å². The summed E-state index contributed by atoms with van der Waals surface area (Å²) in [6, 6.07) is 8.92. The second kappa shape index (κ2) is 8.19. The van der Waals surface area contributed by atoms with Gasteiger partial charge in [-0.1, -0.05) is 31.5 Å². The van der Waals surface area contributed by atoms with Gasteiger partial charge in [0, 0.05) is 18.3 Å². The van der Waals surface area contributed by atoms with Crippen LogP contribution in [0.5, 0.6) is 0 Å². The summed E-state index contributed by atoms with van der Waals surface area (Å²) in [7, 11) is 0. The minimum Gasteiger partial charge on any atom is -0.481 e. The Labute approximate surface area is 119 Å². The molecule has 110 valence electrons. The molecule has 0 aliphatic rings. The molecule has 5 heteroatoms. The average Bonchev–Trinajstić information content (AvgIpc) is 2.40. The number of carbonyl (C=O) groups excluding carboxylic acids is 1. The highest BCUT2D eigenvalue weighted by molar-refractivity contribution is 5.92. The van der Waals surface area contributed by atoms with Gasteiger partial charge >= 0.3 is 12.0 Å². The molecule has 1 aromatic carbocycles. The van der Waals surface area contributed by atoms with Gasteiger partial charge in [0.2, 0.25) is 0 Å². The van der Waals surface area contributed by atoms with Gasteiger partial charge in [0.1, 0.15) is 0 Å². The molecule has 1 unspecified atom stereocenters. The van der Waals surface area contributed by atoms with Gasteiger partial charge < -0.3 is 10.4 Å². The molecule has 20 heavy (non-hydrogen) atoms. The largest absolute Gasteiger partial charge is 0.481 e. The lowest BCUT2D eigenvalue weighted by Crippen LogP contribution is -2.44. The lowest BCUT2D eigenvalue weighted by molar-refractivity contribution is -0.136. The van der Waals surface area contributed by atoms with Crippen LogP contribution in [0.25, 0.3) is 0 Å². The normalized spacial score (nSPS) is 11.7. The first-order valence-electron chi connectivity index (χ1n) is 6.89. The molecule has 2 amide bonds. The van der Waals surface area contributed by atoms with E-state index < -0.39 is 5.97 Å². The van der Waals surface area contributed by atoms with Crippen LogP contribution in [-0.4, -0.2) is 29.7 Å². The van der Waals surface area contributed by atoms with E-state index in [-0.39, 0.29) is 25.0 Å². The van der Waals surface area contributed by atoms with Crippen LogP contribution in [0, 0.1) is 0 Å². The van der Waals surface area contributed by atoms with Crippen LogP contribution in [0.4, 0.5) is 10.5 Å². The van der Waals surface area contributed by atoms with E-state index in [0.717, 1.165) is 12.8 Å². The molecule has 0 bridgehead atoms. The molecule has 1 atom stereocenters. The number of rotatable bonds is 7. The van der Waals surface area contributed by atoms with Crippen molar-refractivity contribution in [1.82, 2.24) is 5.32 Å². The van der Waals surface area contributed by atoms with E-state index in [1.165, 1.54) is 4.90 Å². The Morgan fingerprint density at radius 1 is 1.30 bits per heavy atom. The van der Waals surface area contributed by atoms with Crippen molar-refractivity contribution in [1.29, 1.82) is 0 Å². The summed E-state index contributed by atoms with van der Waals surface area (Å²) < 4.78 is 0. The Kier molecular flexibility index (Phi) is 6.56. The van der Waals surface area contributed by atoms with E-state index in [9.17, 15) is 9.59 Å². The van der Waals surface area contributed by atoms with Crippen molar-refractivity contribution >= 4 is 17.7 Å². The molecule has 0 saturated carbocycles. The monoisotopic (exact) mass is 278 g/mol. The Balaban J connectivity index is 2.76. The number of nitrogens with one attached hydrogen (secondary N) is 1. The smallest absolute Gasteiger partial charge is 0.322 e. The molecule has 0 aromatic heterocycles. The number of carboxylic acids is 1. The van der Waals surface area contributed by atoms with Crippen LogP contribution in [-0.2, 0) is 4.79 Å². The molecule has 0 saturated heterocycles. The maximum atomic E-state index is 12.3. The van der Waals surface area contributed by atoms with Gasteiger partial charge in [-0.25, -0.2) is 4.79 Å². The van der Waals surface area contributed by atoms with E-state index in [4.69, 9.17) is 5.11 Å². The molecule has 0 radical (unpaired) electrons. The first-order valence-corrected chi connectivity index (χ1v) is 6.89. The quantitative estimate of drug-likeness (QED) is 0.805. The Morgan fingerprint density at radius 2 is 1.95 bits per heavy atom. The molecule has 0 aliphatic heterocycles. The third-order valence-electron chi connectivity index (χ3n) is 2.95. The fourth-order valence-corrected chi connectivity index (χ4v) is 1.96. The van der Waals surface area contributed by atoms with Gasteiger partial charge in [0.15, 0.2) is 0 Å². The number of carboxylic acid groups (broad SMARTS) is 1. The number of aliphatic carboxylic acids is 1. The highest BCUT2D eigenvalue weighted by Gasteiger charge is 2.18. The number of hydrogen-bond donors (Lipinski definition) is 2. The predicted molar refractivity (Wildman–Crippen MR) is 78.9 cm³/mol. The third-order valence-corrected chi connectivity index (χ3v) is 2.95. The van der Waals surface area contributed by atoms with Gasteiger partial charge in [-0.05, 0) is 25.5 Å². The second-order valence-electron chi connectivity index (χ2n) is 4.77. The zero-order valence-corrected chi connectivity index (χ0v) is 12.0. The van der Waals surface area contributed by atoms with Crippen LogP contribution in [0.1, 0.15) is 33.1 Å². The number of nitrogens with zero attached hydrogens (tertiary/aromatic N) is 1. The van der Waals surface area contributed by atoms with E-state index >= 15 is 0 Å². The molecule has 1 rings (SSSR count).